The van der Waals surface area contributed by atoms with Crippen LogP contribution in [-0.4, -0.2) is 35.7 Å². The Bertz CT molecular complexity index is 785. The van der Waals surface area contributed by atoms with E-state index in [1.54, 1.807) is 0 Å². The Morgan fingerprint density at radius 2 is 1.73 bits per heavy atom. The summed E-state index contributed by atoms with van der Waals surface area (Å²) in [4.78, 5) is 7.39. The second-order valence-electron chi connectivity index (χ2n) is 5.74. The van der Waals surface area contributed by atoms with E-state index in [0.717, 1.165) is 43.1 Å². The molecule has 2 heterocycles. The lowest BCUT2D eigenvalue weighted by Gasteiger charge is -2.29. The van der Waals surface area contributed by atoms with Gasteiger partial charge in [-0.15, -0.1) is 0 Å². The summed E-state index contributed by atoms with van der Waals surface area (Å²) in [6.07, 6.45) is 0. The van der Waals surface area contributed by atoms with E-state index < -0.39 is 0 Å². The summed E-state index contributed by atoms with van der Waals surface area (Å²) in [6, 6.07) is 16.9. The van der Waals surface area contributed by atoms with Gasteiger partial charge >= 0.3 is 0 Å². The molecule has 1 saturated heterocycles. The van der Waals surface area contributed by atoms with Crippen molar-refractivity contribution < 1.29 is 0 Å². The highest BCUT2D eigenvalue weighted by Crippen LogP contribution is 2.30. The number of aryl methyl sites for hydroxylation is 1. The highest BCUT2D eigenvalue weighted by molar-refractivity contribution is 5.91. The third-order valence-electron chi connectivity index (χ3n) is 4.38. The Morgan fingerprint density at radius 1 is 0.955 bits per heavy atom. The number of benzene rings is 2. The molecule has 0 saturated carbocycles. The molecule has 0 bridgehead atoms. The van der Waals surface area contributed by atoms with Gasteiger partial charge in [-0.1, -0.05) is 36.4 Å². The molecule has 112 valence electrons. The van der Waals surface area contributed by atoms with Crippen molar-refractivity contribution in [2.45, 2.75) is 0 Å². The van der Waals surface area contributed by atoms with Crippen LogP contribution in [0.15, 0.2) is 48.5 Å². The predicted octanol–water partition coefficient (Wildman–Crippen LogP) is 2.65. The molecular weight excluding hydrogens is 272 g/mol. The van der Waals surface area contributed by atoms with Gasteiger partial charge in [-0.25, -0.2) is 4.98 Å². The molecular formula is C18H20N4. The molecule has 22 heavy (non-hydrogen) atoms. The van der Waals surface area contributed by atoms with E-state index in [9.17, 15) is 0 Å². The number of rotatable bonds is 2. The summed E-state index contributed by atoms with van der Waals surface area (Å²) in [6.45, 7) is 4.15. The maximum absolute atomic E-state index is 4.96. The number of nitrogens with one attached hydrogen (secondary N) is 1. The Labute approximate surface area is 130 Å². The number of piperazine rings is 1. The quantitative estimate of drug-likeness (QED) is 0.788. The van der Waals surface area contributed by atoms with E-state index in [-0.39, 0.29) is 0 Å². The van der Waals surface area contributed by atoms with Crippen molar-refractivity contribution in [1.29, 1.82) is 0 Å². The van der Waals surface area contributed by atoms with Gasteiger partial charge in [0.25, 0.3) is 0 Å². The van der Waals surface area contributed by atoms with Gasteiger partial charge in [0, 0.05) is 38.8 Å². The highest BCUT2D eigenvalue weighted by Gasteiger charge is 2.17. The summed E-state index contributed by atoms with van der Waals surface area (Å²) >= 11 is 0. The minimum Gasteiger partial charge on any atom is -0.367 e. The minimum absolute atomic E-state index is 1.03. The van der Waals surface area contributed by atoms with E-state index in [2.05, 4.69) is 64.3 Å². The lowest BCUT2D eigenvalue weighted by atomic mass is 10.2. The van der Waals surface area contributed by atoms with Gasteiger partial charge in [0.1, 0.15) is 11.3 Å². The van der Waals surface area contributed by atoms with E-state index in [1.165, 1.54) is 11.2 Å². The number of anilines is 1. The van der Waals surface area contributed by atoms with Gasteiger partial charge < -0.3 is 14.8 Å². The molecule has 4 heteroatoms. The first-order valence-corrected chi connectivity index (χ1v) is 7.81. The maximum Gasteiger partial charge on any atom is 0.140 e. The first-order valence-electron chi connectivity index (χ1n) is 7.81. The van der Waals surface area contributed by atoms with Crippen molar-refractivity contribution >= 4 is 16.7 Å². The smallest absolute Gasteiger partial charge is 0.140 e. The van der Waals surface area contributed by atoms with Gasteiger partial charge in [0.15, 0.2) is 0 Å². The zero-order chi connectivity index (χ0) is 14.9. The molecule has 1 N–H and O–H groups in total. The Kier molecular flexibility index (Phi) is 3.31. The molecule has 1 aliphatic rings. The third kappa shape index (κ3) is 2.16. The zero-order valence-corrected chi connectivity index (χ0v) is 12.8. The molecule has 1 aromatic heterocycles. The number of imidazole rings is 1. The SMILES string of the molecule is Cn1c(-c2ccccc2)nc2c(N3CCNCC3)cccc21. The maximum atomic E-state index is 4.96. The number of hydrogen-bond donors (Lipinski definition) is 1. The van der Waals surface area contributed by atoms with Crippen molar-refractivity contribution in [2.24, 2.45) is 7.05 Å². The van der Waals surface area contributed by atoms with Crippen molar-refractivity contribution in [3.8, 4) is 11.4 Å². The summed E-state index contributed by atoms with van der Waals surface area (Å²) in [5.41, 5.74) is 4.70. The van der Waals surface area contributed by atoms with Crippen LogP contribution in [-0.2, 0) is 7.05 Å². The zero-order valence-electron chi connectivity index (χ0n) is 12.8. The second-order valence-corrected chi connectivity index (χ2v) is 5.74. The van der Waals surface area contributed by atoms with Crippen LogP contribution < -0.4 is 10.2 Å². The van der Waals surface area contributed by atoms with Crippen LogP contribution in [0.2, 0.25) is 0 Å². The van der Waals surface area contributed by atoms with Crippen molar-refractivity contribution in [3.05, 3.63) is 48.5 Å². The first-order chi connectivity index (χ1) is 10.8. The third-order valence-corrected chi connectivity index (χ3v) is 4.38. The number of aromatic nitrogens is 2. The van der Waals surface area contributed by atoms with Gasteiger partial charge in [0.2, 0.25) is 0 Å². The van der Waals surface area contributed by atoms with E-state index in [4.69, 9.17) is 4.98 Å². The van der Waals surface area contributed by atoms with Crippen LogP contribution in [0.4, 0.5) is 5.69 Å². The van der Waals surface area contributed by atoms with E-state index >= 15 is 0 Å². The number of nitrogens with zero attached hydrogens (tertiary/aromatic N) is 3. The normalized spacial score (nSPS) is 15.4. The minimum atomic E-state index is 1.03. The lowest BCUT2D eigenvalue weighted by molar-refractivity contribution is 0.590. The van der Waals surface area contributed by atoms with Crippen LogP contribution >= 0.6 is 0 Å². The average molecular weight is 292 g/mol. The van der Waals surface area contributed by atoms with E-state index in [1.807, 2.05) is 6.07 Å². The largest absolute Gasteiger partial charge is 0.367 e. The monoisotopic (exact) mass is 292 g/mol. The predicted molar refractivity (Wildman–Crippen MR) is 91.2 cm³/mol. The van der Waals surface area contributed by atoms with Crippen LogP contribution in [0.3, 0.4) is 0 Å². The van der Waals surface area contributed by atoms with Gasteiger partial charge in [-0.3, -0.25) is 0 Å². The van der Waals surface area contributed by atoms with Gasteiger partial charge in [-0.05, 0) is 12.1 Å². The second kappa shape index (κ2) is 5.46. The van der Waals surface area contributed by atoms with Crippen molar-refractivity contribution in [3.63, 3.8) is 0 Å². The summed E-state index contributed by atoms with van der Waals surface area (Å²) in [5.74, 6) is 1.03. The van der Waals surface area contributed by atoms with Gasteiger partial charge in [-0.2, -0.15) is 0 Å². The molecule has 1 aliphatic heterocycles. The fourth-order valence-corrected chi connectivity index (χ4v) is 3.21. The molecule has 0 aliphatic carbocycles. The molecule has 4 nitrogen and oxygen atoms in total. The van der Waals surface area contributed by atoms with Crippen LogP contribution in [0.5, 0.6) is 0 Å². The van der Waals surface area contributed by atoms with Gasteiger partial charge in [0.05, 0.1) is 11.2 Å². The number of fused-ring (bicyclic) bond motifs is 1. The lowest BCUT2D eigenvalue weighted by Crippen LogP contribution is -2.43. The molecule has 0 amide bonds. The number of para-hydroxylation sites is 1. The molecule has 0 radical (unpaired) electrons. The van der Waals surface area contributed by atoms with Crippen molar-refractivity contribution in [2.75, 3.05) is 31.1 Å². The summed E-state index contributed by atoms with van der Waals surface area (Å²) in [5, 5.41) is 3.41. The fourth-order valence-electron chi connectivity index (χ4n) is 3.21. The molecule has 3 aromatic rings. The standard InChI is InChI=1S/C18H20N4/c1-21-15-8-5-9-16(22-12-10-19-11-13-22)17(15)20-18(21)14-6-3-2-4-7-14/h2-9,19H,10-13H2,1H3. The molecule has 0 spiro atoms. The highest BCUT2D eigenvalue weighted by atomic mass is 15.2. The molecule has 0 unspecified atom stereocenters. The fraction of sp³-hybridized carbons (Fsp3) is 0.278. The van der Waals surface area contributed by atoms with Crippen LogP contribution in [0.25, 0.3) is 22.4 Å². The number of hydrogen-bond acceptors (Lipinski definition) is 3. The topological polar surface area (TPSA) is 33.1 Å². The molecule has 0 atom stereocenters. The summed E-state index contributed by atoms with van der Waals surface area (Å²) < 4.78 is 2.19. The molecule has 4 rings (SSSR count). The Hall–Kier alpha value is -2.33. The Morgan fingerprint density at radius 3 is 2.50 bits per heavy atom. The molecule has 2 aromatic carbocycles. The summed E-state index contributed by atoms with van der Waals surface area (Å²) in [7, 11) is 2.10. The van der Waals surface area contributed by atoms with Crippen LogP contribution in [0, 0.1) is 0 Å². The van der Waals surface area contributed by atoms with Crippen LogP contribution in [0.1, 0.15) is 0 Å². The molecule has 1 fully saturated rings. The van der Waals surface area contributed by atoms with Crippen molar-refractivity contribution in [1.82, 2.24) is 14.9 Å². The average Bonchev–Trinajstić information content (AvgIpc) is 2.94. The first kappa shape index (κ1) is 13.3. The Balaban J connectivity index is 1.87. The van der Waals surface area contributed by atoms with E-state index in [0.29, 0.717) is 0 Å².